The molecule has 0 aliphatic heterocycles. The summed E-state index contributed by atoms with van der Waals surface area (Å²) in [5.41, 5.74) is 0.380. The van der Waals surface area contributed by atoms with Crippen LogP contribution in [0, 0.1) is 5.95 Å². The molecule has 1 aromatic heterocycles. The number of hydrogen-bond donors (Lipinski definition) is 0. The zero-order chi connectivity index (χ0) is 12.3. The molecule has 0 saturated heterocycles. The van der Waals surface area contributed by atoms with Crippen LogP contribution in [0.4, 0.5) is 4.39 Å². The standard InChI is InChI=1S/C13H17FN2O/c1-16(11-5-3-2-4-6-11)13(17)10-7-8-15-12(14)9-10/h7-9,11H,2-6H2,1H3. The van der Waals surface area contributed by atoms with Crippen molar-refractivity contribution in [3.8, 4) is 0 Å². The third-order valence-corrected chi connectivity index (χ3v) is 3.42. The Bertz CT molecular complexity index is 402. The first-order chi connectivity index (χ1) is 8.18. The van der Waals surface area contributed by atoms with Gasteiger partial charge in [0.15, 0.2) is 0 Å². The Morgan fingerprint density at radius 1 is 1.41 bits per heavy atom. The molecule has 0 bridgehead atoms. The van der Waals surface area contributed by atoms with Crippen molar-refractivity contribution in [2.45, 2.75) is 38.1 Å². The van der Waals surface area contributed by atoms with Gasteiger partial charge in [-0.15, -0.1) is 0 Å². The van der Waals surface area contributed by atoms with Crippen molar-refractivity contribution in [2.24, 2.45) is 0 Å². The first-order valence-corrected chi connectivity index (χ1v) is 6.07. The summed E-state index contributed by atoms with van der Waals surface area (Å²) in [7, 11) is 1.80. The van der Waals surface area contributed by atoms with Gasteiger partial charge in [0.1, 0.15) is 0 Å². The van der Waals surface area contributed by atoms with E-state index in [2.05, 4.69) is 4.98 Å². The summed E-state index contributed by atoms with van der Waals surface area (Å²) in [6.07, 6.45) is 7.03. The topological polar surface area (TPSA) is 33.2 Å². The zero-order valence-corrected chi connectivity index (χ0v) is 10.0. The normalized spacial score (nSPS) is 16.8. The molecule has 0 aromatic carbocycles. The van der Waals surface area contributed by atoms with Crippen LogP contribution < -0.4 is 0 Å². The number of pyridine rings is 1. The Labute approximate surface area is 101 Å². The van der Waals surface area contributed by atoms with Crippen LogP contribution in [0.25, 0.3) is 0 Å². The molecule has 17 heavy (non-hydrogen) atoms. The van der Waals surface area contributed by atoms with Crippen LogP contribution in [-0.2, 0) is 0 Å². The highest BCUT2D eigenvalue weighted by Gasteiger charge is 2.23. The average Bonchev–Trinajstić information content (AvgIpc) is 2.38. The molecule has 1 heterocycles. The minimum absolute atomic E-state index is 0.113. The molecule has 0 N–H and O–H groups in total. The predicted octanol–water partition coefficient (Wildman–Crippen LogP) is 2.63. The summed E-state index contributed by atoms with van der Waals surface area (Å²) >= 11 is 0. The highest BCUT2D eigenvalue weighted by atomic mass is 19.1. The van der Waals surface area contributed by atoms with Gasteiger partial charge in [-0.2, -0.15) is 4.39 Å². The predicted molar refractivity (Wildman–Crippen MR) is 63.2 cm³/mol. The molecule has 92 valence electrons. The molecule has 1 aliphatic rings. The first kappa shape index (κ1) is 12.0. The van der Waals surface area contributed by atoms with Crippen molar-refractivity contribution in [1.29, 1.82) is 0 Å². The fraction of sp³-hybridized carbons (Fsp3) is 0.538. The molecule has 1 aromatic rings. The van der Waals surface area contributed by atoms with E-state index < -0.39 is 5.95 Å². The van der Waals surface area contributed by atoms with Gasteiger partial charge in [-0.3, -0.25) is 4.79 Å². The molecule has 0 atom stereocenters. The number of hydrogen-bond acceptors (Lipinski definition) is 2. The van der Waals surface area contributed by atoms with Gasteiger partial charge in [-0.25, -0.2) is 4.98 Å². The summed E-state index contributed by atoms with van der Waals surface area (Å²) in [4.78, 5) is 17.3. The lowest BCUT2D eigenvalue weighted by molar-refractivity contribution is 0.0695. The van der Waals surface area contributed by atoms with E-state index in [9.17, 15) is 9.18 Å². The molecule has 1 aliphatic carbocycles. The summed E-state index contributed by atoms with van der Waals surface area (Å²) in [5, 5.41) is 0. The number of rotatable bonds is 2. The number of aromatic nitrogens is 1. The molecule has 0 radical (unpaired) electrons. The smallest absolute Gasteiger partial charge is 0.254 e. The van der Waals surface area contributed by atoms with Crippen LogP contribution in [0.2, 0.25) is 0 Å². The Balaban J connectivity index is 2.08. The van der Waals surface area contributed by atoms with Crippen molar-refractivity contribution in [1.82, 2.24) is 9.88 Å². The average molecular weight is 236 g/mol. The van der Waals surface area contributed by atoms with Crippen LogP contribution in [0.1, 0.15) is 42.5 Å². The largest absolute Gasteiger partial charge is 0.339 e. The summed E-state index contributed by atoms with van der Waals surface area (Å²) < 4.78 is 13.0. The van der Waals surface area contributed by atoms with Crippen molar-refractivity contribution in [3.05, 3.63) is 29.8 Å². The maximum absolute atomic E-state index is 13.0. The van der Waals surface area contributed by atoms with E-state index in [1.165, 1.54) is 31.5 Å². The van der Waals surface area contributed by atoms with Crippen LogP contribution in [-0.4, -0.2) is 28.9 Å². The fourth-order valence-corrected chi connectivity index (χ4v) is 2.37. The second-order valence-corrected chi connectivity index (χ2v) is 4.58. The van der Waals surface area contributed by atoms with Gasteiger partial charge in [0.05, 0.1) is 0 Å². The molecule has 1 saturated carbocycles. The molecule has 3 nitrogen and oxygen atoms in total. The molecule has 0 unspecified atom stereocenters. The summed E-state index contributed by atoms with van der Waals surface area (Å²) in [6, 6.07) is 3.05. The molecular weight excluding hydrogens is 219 g/mol. The van der Waals surface area contributed by atoms with Crippen LogP contribution in [0.3, 0.4) is 0 Å². The second kappa shape index (κ2) is 5.25. The summed E-state index contributed by atoms with van der Waals surface area (Å²) in [6.45, 7) is 0. The third-order valence-electron chi connectivity index (χ3n) is 3.42. The van der Waals surface area contributed by atoms with Crippen LogP contribution in [0.5, 0.6) is 0 Å². The summed E-state index contributed by atoms with van der Waals surface area (Å²) in [5.74, 6) is -0.717. The highest BCUT2D eigenvalue weighted by molar-refractivity contribution is 5.94. The van der Waals surface area contributed by atoms with Crippen molar-refractivity contribution < 1.29 is 9.18 Å². The van der Waals surface area contributed by atoms with Crippen LogP contribution in [0.15, 0.2) is 18.3 Å². The Morgan fingerprint density at radius 3 is 2.76 bits per heavy atom. The SMILES string of the molecule is CN(C(=O)c1ccnc(F)c1)C1CCCCC1. The maximum atomic E-state index is 13.0. The van der Waals surface area contributed by atoms with Gasteiger partial charge in [0, 0.05) is 30.9 Å². The maximum Gasteiger partial charge on any atom is 0.254 e. The molecular formula is C13H17FN2O. The number of carbonyl (C=O) groups excluding carboxylic acids is 1. The lowest BCUT2D eigenvalue weighted by Crippen LogP contribution is -2.38. The number of nitrogens with zero attached hydrogens (tertiary/aromatic N) is 2. The highest BCUT2D eigenvalue weighted by Crippen LogP contribution is 2.22. The van der Waals surface area contributed by atoms with Crippen molar-refractivity contribution >= 4 is 5.91 Å². The quantitative estimate of drug-likeness (QED) is 0.739. The molecule has 2 rings (SSSR count). The van der Waals surface area contributed by atoms with Gasteiger partial charge in [0.2, 0.25) is 5.95 Å². The Hall–Kier alpha value is -1.45. The van der Waals surface area contributed by atoms with Gasteiger partial charge in [-0.05, 0) is 18.9 Å². The van der Waals surface area contributed by atoms with Gasteiger partial charge >= 0.3 is 0 Å². The second-order valence-electron chi connectivity index (χ2n) is 4.58. The van der Waals surface area contributed by atoms with Gasteiger partial charge in [0.25, 0.3) is 5.91 Å². The van der Waals surface area contributed by atoms with Crippen molar-refractivity contribution in [3.63, 3.8) is 0 Å². The monoisotopic (exact) mass is 236 g/mol. The molecule has 0 spiro atoms. The lowest BCUT2D eigenvalue weighted by atomic mass is 9.94. The minimum atomic E-state index is -0.604. The van der Waals surface area contributed by atoms with E-state index >= 15 is 0 Å². The van der Waals surface area contributed by atoms with E-state index in [4.69, 9.17) is 0 Å². The van der Waals surface area contributed by atoms with E-state index in [0.717, 1.165) is 12.8 Å². The molecule has 1 fully saturated rings. The number of amides is 1. The van der Waals surface area contributed by atoms with E-state index in [-0.39, 0.29) is 5.91 Å². The third kappa shape index (κ3) is 2.81. The minimum Gasteiger partial charge on any atom is -0.339 e. The van der Waals surface area contributed by atoms with E-state index in [1.807, 2.05) is 0 Å². The molecule has 4 heteroatoms. The van der Waals surface area contributed by atoms with E-state index in [1.54, 1.807) is 18.0 Å². The Morgan fingerprint density at radius 2 is 2.12 bits per heavy atom. The zero-order valence-electron chi connectivity index (χ0n) is 10.0. The van der Waals surface area contributed by atoms with Gasteiger partial charge in [-0.1, -0.05) is 19.3 Å². The lowest BCUT2D eigenvalue weighted by Gasteiger charge is -2.31. The van der Waals surface area contributed by atoms with Gasteiger partial charge < -0.3 is 4.90 Å². The molecule has 1 amide bonds. The van der Waals surface area contributed by atoms with E-state index in [0.29, 0.717) is 11.6 Å². The fourth-order valence-electron chi connectivity index (χ4n) is 2.37. The first-order valence-electron chi connectivity index (χ1n) is 6.07. The van der Waals surface area contributed by atoms with Crippen LogP contribution >= 0.6 is 0 Å². The Kier molecular flexibility index (Phi) is 3.71. The number of halogens is 1. The number of carbonyl (C=O) groups is 1. The van der Waals surface area contributed by atoms with Crippen molar-refractivity contribution in [2.75, 3.05) is 7.05 Å².